The lowest BCUT2D eigenvalue weighted by Crippen LogP contribution is -2.44. The van der Waals surface area contributed by atoms with Crippen LogP contribution in [0.1, 0.15) is 37.7 Å². The molecule has 2 fully saturated rings. The van der Waals surface area contributed by atoms with E-state index in [1.165, 1.54) is 6.42 Å². The molecule has 0 bridgehead atoms. The van der Waals surface area contributed by atoms with E-state index in [0.29, 0.717) is 19.6 Å². The Hall–Kier alpha value is -2.12. The molecule has 1 aromatic carbocycles. The van der Waals surface area contributed by atoms with Gasteiger partial charge >= 0.3 is 11.8 Å². The van der Waals surface area contributed by atoms with E-state index in [1.54, 1.807) is 7.11 Å². The molecule has 1 atom stereocenters. The Morgan fingerprint density at radius 1 is 1.15 bits per heavy atom. The minimum atomic E-state index is -0.650. The molecule has 0 aromatic heterocycles. The van der Waals surface area contributed by atoms with Crippen LogP contribution in [0.4, 0.5) is 0 Å². The Morgan fingerprint density at radius 3 is 2.67 bits per heavy atom. The van der Waals surface area contributed by atoms with E-state index in [9.17, 15) is 9.59 Å². The number of ether oxygens (including phenoxy) is 3. The van der Waals surface area contributed by atoms with Crippen molar-refractivity contribution < 1.29 is 23.8 Å². The number of nitrogens with one attached hydrogen (secondary N) is 2. The zero-order valence-electron chi connectivity index (χ0n) is 15.8. The Labute approximate surface area is 159 Å². The normalized spacial score (nSPS) is 21.0. The van der Waals surface area contributed by atoms with Crippen LogP contribution >= 0.6 is 0 Å². The van der Waals surface area contributed by atoms with E-state index in [4.69, 9.17) is 14.2 Å². The van der Waals surface area contributed by atoms with Gasteiger partial charge in [0.2, 0.25) is 0 Å². The molecular formula is C20H28N2O5. The summed E-state index contributed by atoms with van der Waals surface area (Å²) in [7, 11) is 1.61. The maximum absolute atomic E-state index is 12.0. The standard InChI is InChI=1S/C20H28N2O5/c1-25-17-8-4-3-7-15(17)9-12-21-18(23)19(24)22-13-16-14-26-20(27-16)10-5-2-6-11-20/h3-4,7-8,16H,2,5-6,9-14H2,1H3,(H,21,23)(H,22,24)/t16-/m1/s1. The number of carbonyl (C=O) groups is 2. The van der Waals surface area contributed by atoms with Crippen molar-refractivity contribution in [1.82, 2.24) is 10.6 Å². The molecule has 3 rings (SSSR count). The zero-order chi connectivity index (χ0) is 19.1. The molecule has 2 aliphatic rings. The number of benzene rings is 1. The molecule has 1 spiro atoms. The molecule has 1 heterocycles. The van der Waals surface area contributed by atoms with Crippen molar-refractivity contribution in [3.63, 3.8) is 0 Å². The zero-order valence-corrected chi connectivity index (χ0v) is 15.8. The molecule has 1 saturated carbocycles. The number of hydrogen-bond donors (Lipinski definition) is 2. The van der Waals surface area contributed by atoms with Crippen molar-refractivity contribution in [2.75, 3.05) is 26.8 Å². The Balaban J connectivity index is 1.36. The third kappa shape index (κ3) is 5.20. The van der Waals surface area contributed by atoms with E-state index in [-0.39, 0.29) is 12.6 Å². The molecule has 1 saturated heterocycles. The van der Waals surface area contributed by atoms with Crippen LogP contribution in [0.2, 0.25) is 0 Å². The van der Waals surface area contributed by atoms with Gasteiger partial charge in [0.05, 0.1) is 13.7 Å². The van der Waals surface area contributed by atoms with Crippen LogP contribution in [0.25, 0.3) is 0 Å². The number of amides is 2. The summed E-state index contributed by atoms with van der Waals surface area (Å²) >= 11 is 0. The Bertz CT molecular complexity index is 658. The molecule has 2 amide bonds. The van der Waals surface area contributed by atoms with E-state index in [2.05, 4.69) is 10.6 Å². The monoisotopic (exact) mass is 376 g/mol. The molecule has 1 aromatic rings. The molecule has 1 aliphatic carbocycles. The molecule has 7 nitrogen and oxygen atoms in total. The van der Waals surface area contributed by atoms with Gasteiger partial charge in [0.15, 0.2) is 5.79 Å². The lowest BCUT2D eigenvalue weighted by Gasteiger charge is -2.31. The number of rotatable bonds is 6. The summed E-state index contributed by atoms with van der Waals surface area (Å²) in [4.78, 5) is 24.0. The highest BCUT2D eigenvalue weighted by Gasteiger charge is 2.42. The van der Waals surface area contributed by atoms with Crippen molar-refractivity contribution in [3.05, 3.63) is 29.8 Å². The number of para-hydroxylation sites is 1. The van der Waals surface area contributed by atoms with Gasteiger partial charge in [-0.2, -0.15) is 0 Å². The summed E-state index contributed by atoms with van der Waals surface area (Å²) in [5.41, 5.74) is 0.981. The predicted octanol–water partition coefficient (Wildman–Crippen LogP) is 1.55. The third-order valence-electron chi connectivity index (χ3n) is 5.10. The Morgan fingerprint density at radius 2 is 1.89 bits per heavy atom. The summed E-state index contributed by atoms with van der Waals surface area (Å²) in [6.45, 7) is 1.09. The van der Waals surface area contributed by atoms with E-state index in [1.807, 2.05) is 24.3 Å². The fraction of sp³-hybridized carbons (Fsp3) is 0.600. The smallest absolute Gasteiger partial charge is 0.309 e. The maximum atomic E-state index is 12.0. The second-order valence-electron chi connectivity index (χ2n) is 7.05. The van der Waals surface area contributed by atoms with Crippen LogP contribution in [0.15, 0.2) is 24.3 Å². The second-order valence-corrected chi connectivity index (χ2v) is 7.05. The van der Waals surface area contributed by atoms with Crippen molar-refractivity contribution in [2.45, 2.75) is 50.4 Å². The van der Waals surface area contributed by atoms with Crippen molar-refractivity contribution >= 4 is 11.8 Å². The van der Waals surface area contributed by atoms with Crippen LogP contribution in [-0.4, -0.2) is 50.5 Å². The highest BCUT2D eigenvalue weighted by molar-refractivity contribution is 6.35. The van der Waals surface area contributed by atoms with Gasteiger partial charge in [-0.05, 0) is 30.9 Å². The first-order valence-corrected chi connectivity index (χ1v) is 9.61. The first-order valence-electron chi connectivity index (χ1n) is 9.61. The summed E-state index contributed by atoms with van der Waals surface area (Å²) in [5, 5.41) is 5.27. The number of hydrogen-bond acceptors (Lipinski definition) is 5. The quantitative estimate of drug-likeness (QED) is 0.736. The van der Waals surface area contributed by atoms with Gasteiger partial charge in [0, 0.05) is 25.9 Å². The predicted molar refractivity (Wildman–Crippen MR) is 99.4 cm³/mol. The van der Waals surface area contributed by atoms with E-state index < -0.39 is 17.6 Å². The summed E-state index contributed by atoms with van der Waals surface area (Å²) in [6.07, 6.45) is 5.62. The van der Waals surface area contributed by atoms with Gasteiger partial charge in [-0.1, -0.05) is 24.6 Å². The maximum Gasteiger partial charge on any atom is 0.309 e. The summed E-state index contributed by atoms with van der Waals surface area (Å²) in [6, 6.07) is 7.60. The first-order chi connectivity index (χ1) is 13.1. The second kappa shape index (κ2) is 9.19. The van der Waals surface area contributed by atoms with Gasteiger partial charge in [-0.3, -0.25) is 9.59 Å². The van der Waals surface area contributed by atoms with Gasteiger partial charge in [0.1, 0.15) is 11.9 Å². The molecule has 2 N–H and O–H groups in total. The summed E-state index contributed by atoms with van der Waals surface area (Å²) < 4.78 is 17.1. The molecule has 0 unspecified atom stereocenters. The van der Waals surface area contributed by atoms with Crippen LogP contribution in [-0.2, 0) is 25.5 Å². The number of carbonyl (C=O) groups excluding carboxylic acids is 2. The van der Waals surface area contributed by atoms with Crippen LogP contribution in [0, 0.1) is 0 Å². The van der Waals surface area contributed by atoms with Gasteiger partial charge in [0.25, 0.3) is 0 Å². The third-order valence-corrected chi connectivity index (χ3v) is 5.10. The molecule has 148 valence electrons. The van der Waals surface area contributed by atoms with Crippen molar-refractivity contribution in [1.29, 1.82) is 0 Å². The molecule has 1 aliphatic heterocycles. The topological polar surface area (TPSA) is 85.9 Å². The van der Waals surface area contributed by atoms with Gasteiger partial charge in [-0.25, -0.2) is 0 Å². The van der Waals surface area contributed by atoms with E-state index >= 15 is 0 Å². The van der Waals surface area contributed by atoms with Crippen LogP contribution in [0.5, 0.6) is 5.75 Å². The average Bonchev–Trinajstić information content (AvgIpc) is 3.09. The van der Waals surface area contributed by atoms with Gasteiger partial charge in [-0.15, -0.1) is 0 Å². The molecular weight excluding hydrogens is 348 g/mol. The SMILES string of the molecule is COc1ccccc1CCNC(=O)C(=O)NC[C@@H]1COC2(CCCCC2)O1. The fourth-order valence-corrected chi connectivity index (χ4v) is 3.66. The molecule has 27 heavy (non-hydrogen) atoms. The number of methoxy groups -OCH3 is 1. The fourth-order valence-electron chi connectivity index (χ4n) is 3.66. The molecule has 0 radical (unpaired) electrons. The minimum Gasteiger partial charge on any atom is -0.496 e. The van der Waals surface area contributed by atoms with Crippen LogP contribution < -0.4 is 15.4 Å². The Kier molecular flexibility index (Phi) is 6.68. The van der Waals surface area contributed by atoms with Crippen molar-refractivity contribution in [3.8, 4) is 5.75 Å². The van der Waals surface area contributed by atoms with Gasteiger partial charge < -0.3 is 24.8 Å². The highest BCUT2D eigenvalue weighted by atomic mass is 16.7. The highest BCUT2D eigenvalue weighted by Crippen LogP contribution is 2.37. The van der Waals surface area contributed by atoms with Crippen molar-refractivity contribution in [2.24, 2.45) is 0 Å². The first kappa shape index (κ1) is 19.6. The largest absolute Gasteiger partial charge is 0.496 e. The lowest BCUT2D eigenvalue weighted by atomic mass is 9.94. The summed E-state index contributed by atoms with van der Waals surface area (Å²) in [5.74, 6) is -0.990. The lowest BCUT2D eigenvalue weighted by molar-refractivity contribution is -0.186. The minimum absolute atomic E-state index is 0.201. The molecule has 7 heteroatoms. The average molecular weight is 376 g/mol. The van der Waals surface area contributed by atoms with E-state index in [0.717, 1.165) is 37.0 Å². The van der Waals surface area contributed by atoms with Crippen LogP contribution in [0.3, 0.4) is 0 Å².